The summed E-state index contributed by atoms with van der Waals surface area (Å²) < 4.78 is 7.28. The Morgan fingerprint density at radius 1 is 1.57 bits per heavy atom. The maximum atomic E-state index is 12.7. The molecule has 2 aromatic heterocycles. The second-order valence-electron chi connectivity index (χ2n) is 5.73. The first kappa shape index (κ1) is 15.9. The van der Waals surface area contributed by atoms with E-state index in [2.05, 4.69) is 15.4 Å². The monoisotopic (exact) mass is 335 g/mol. The number of nitrogens with zero attached hydrogens (tertiary/aromatic N) is 4. The highest BCUT2D eigenvalue weighted by Gasteiger charge is 2.31. The minimum atomic E-state index is -0.122. The van der Waals surface area contributed by atoms with Crippen LogP contribution in [0.1, 0.15) is 35.3 Å². The van der Waals surface area contributed by atoms with Gasteiger partial charge in [0.2, 0.25) is 0 Å². The number of aryl methyl sites for hydroxylation is 2. The number of urea groups is 1. The van der Waals surface area contributed by atoms with Crippen molar-refractivity contribution in [3.8, 4) is 0 Å². The summed E-state index contributed by atoms with van der Waals surface area (Å²) in [7, 11) is 1.86. The summed E-state index contributed by atoms with van der Waals surface area (Å²) in [4.78, 5) is 19.0. The van der Waals surface area contributed by atoms with Gasteiger partial charge in [0.1, 0.15) is 11.0 Å². The lowest BCUT2D eigenvalue weighted by molar-refractivity contribution is 0.0110. The zero-order chi connectivity index (χ0) is 16.4. The van der Waals surface area contributed by atoms with Gasteiger partial charge in [-0.2, -0.15) is 5.10 Å². The minimum absolute atomic E-state index is 0.0949. The van der Waals surface area contributed by atoms with E-state index in [0.717, 1.165) is 16.3 Å². The lowest BCUT2D eigenvalue weighted by Gasteiger charge is -2.35. The number of hydrogen-bond donors (Lipinski definition) is 1. The van der Waals surface area contributed by atoms with Crippen LogP contribution in [-0.2, 0) is 11.8 Å². The molecule has 1 N–H and O–H groups in total. The molecule has 1 saturated heterocycles. The third-order valence-electron chi connectivity index (χ3n) is 3.88. The van der Waals surface area contributed by atoms with Crippen LogP contribution < -0.4 is 5.32 Å². The van der Waals surface area contributed by atoms with Gasteiger partial charge in [0, 0.05) is 36.4 Å². The van der Waals surface area contributed by atoms with E-state index >= 15 is 0 Å². The smallest absolute Gasteiger partial charge is 0.318 e. The average Bonchev–Trinajstić information content (AvgIpc) is 3.16. The fourth-order valence-electron chi connectivity index (χ4n) is 2.59. The van der Waals surface area contributed by atoms with Crippen molar-refractivity contribution in [2.24, 2.45) is 7.05 Å². The Bertz CT molecular complexity index is 683. The molecule has 3 rings (SSSR count). The summed E-state index contributed by atoms with van der Waals surface area (Å²) in [6.45, 7) is 5.52. The standard InChI is InChI=1S/C15H21N5O2S/c1-10-9-23-14(17-10)13-8-22-5-4-20(13)15(21)18-11(2)12-6-16-19(3)7-12/h6-7,9,11,13H,4-5,8H2,1-3H3,(H,18,21). The quantitative estimate of drug-likeness (QED) is 0.931. The van der Waals surface area contributed by atoms with Gasteiger partial charge in [-0.25, -0.2) is 9.78 Å². The van der Waals surface area contributed by atoms with E-state index in [-0.39, 0.29) is 18.1 Å². The molecule has 2 atom stereocenters. The van der Waals surface area contributed by atoms with Gasteiger partial charge in [-0.1, -0.05) is 0 Å². The van der Waals surface area contributed by atoms with Gasteiger partial charge in [-0.05, 0) is 13.8 Å². The Morgan fingerprint density at radius 2 is 2.39 bits per heavy atom. The Labute approximate surface area is 139 Å². The zero-order valence-electron chi connectivity index (χ0n) is 13.5. The van der Waals surface area contributed by atoms with E-state index in [0.29, 0.717) is 19.8 Å². The van der Waals surface area contributed by atoms with Crippen molar-refractivity contribution in [2.45, 2.75) is 25.9 Å². The molecule has 1 fully saturated rings. The van der Waals surface area contributed by atoms with Gasteiger partial charge in [0.15, 0.2) is 0 Å². The molecule has 2 unspecified atom stereocenters. The summed E-state index contributed by atoms with van der Waals surface area (Å²) in [6, 6.07) is -0.316. The first-order valence-electron chi connectivity index (χ1n) is 7.60. The maximum absolute atomic E-state index is 12.7. The fourth-order valence-corrected chi connectivity index (χ4v) is 3.48. The van der Waals surface area contributed by atoms with Gasteiger partial charge in [-0.15, -0.1) is 11.3 Å². The number of aromatic nitrogens is 3. The summed E-state index contributed by atoms with van der Waals surface area (Å²) in [6.07, 6.45) is 3.68. The van der Waals surface area contributed by atoms with Crippen molar-refractivity contribution in [3.05, 3.63) is 34.0 Å². The molecule has 8 heteroatoms. The average molecular weight is 335 g/mol. The molecule has 124 valence electrons. The van der Waals surface area contributed by atoms with Crippen molar-refractivity contribution in [2.75, 3.05) is 19.8 Å². The molecule has 23 heavy (non-hydrogen) atoms. The molecule has 0 radical (unpaired) electrons. The Hall–Kier alpha value is -1.93. The lowest BCUT2D eigenvalue weighted by Crippen LogP contribution is -2.48. The summed E-state index contributed by atoms with van der Waals surface area (Å²) in [5.41, 5.74) is 1.95. The SMILES string of the molecule is Cc1csc(C2COCCN2C(=O)NC(C)c2cnn(C)c2)n1. The normalized spacial score (nSPS) is 19.6. The zero-order valence-corrected chi connectivity index (χ0v) is 14.3. The number of morpholine rings is 1. The highest BCUT2D eigenvalue weighted by Crippen LogP contribution is 2.27. The molecule has 1 aliphatic rings. The number of thiazole rings is 1. The highest BCUT2D eigenvalue weighted by atomic mass is 32.1. The lowest BCUT2D eigenvalue weighted by atomic mass is 10.2. The molecule has 0 aromatic carbocycles. The Morgan fingerprint density at radius 3 is 3.04 bits per heavy atom. The van der Waals surface area contributed by atoms with Gasteiger partial charge >= 0.3 is 6.03 Å². The number of ether oxygens (including phenoxy) is 1. The fraction of sp³-hybridized carbons (Fsp3) is 0.533. The molecule has 0 spiro atoms. The third-order valence-corrected chi connectivity index (χ3v) is 4.94. The summed E-state index contributed by atoms with van der Waals surface area (Å²) in [5.74, 6) is 0. The number of nitrogens with one attached hydrogen (secondary N) is 1. The third kappa shape index (κ3) is 3.53. The molecular weight excluding hydrogens is 314 g/mol. The number of carbonyl (C=O) groups is 1. The van der Waals surface area contributed by atoms with Crippen LogP contribution in [0.25, 0.3) is 0 Å². The predicted molar refractivity (Wildman–Crippen MR) is 87.3 cm³/mol. The van der Waals surface area contributed by atoms with Crippen molar-refractivity contribution in [1.82, 2.24) is 25.0 Å². The first-order chi connectivity index (χ1) is 11.0. The van der Waals surface area contributed by atoms with Crippen molar-refractivity contribution in [3.63, 3.8) is 0 Å². The van der Waals surface area contributed by atoms with E-state index in [1.165, 1.54) is 0 Å². The van der Waals surface area contributed by atoms with Gasteiger partial charge < -0.3 is 15.0 Å². The molecule has 2 aromatic rings. The Balaban J connectivity index is 1.71. The minimum Gasteiger partial charge on any atom is -0.377 e. The molecule has 0 saturated carbocycles. The number of amides is 2. The van der Waals surface area contributed by atoms with Crippen LogP contribution in [0.4, 0.5) is 4.79 Å². The van der Waals surface area contributed by atoms with E-state index in [1.54, 1.807) is 22.2 Å². The van der Waals surface area contributed by atoms with Gasteiger partial charge in [-0.3, -0.25) is 4.68 Å². The van der Waals surface area contributed by atoms with Crippen LogP contribution in [0.2, 0.25) is 0 Å². The van der Waals surface area contributed by atoms with E-state index in [1.807, 2.05) is 37.4 Å². The predicted octanol–water partition coefficient (Wildman–Crippen LogP) is 2.03. The number of hydrogen-bond acceptors (Lipinski definition) is 5. The molecule has 2 amide bonds. The van der Waals surface area contributed by atoms with Crippen LogP contribution in [0.15, 0.2) is 17.8 Å². The second-order valence-corrected chi connectivity index (χ2v) is 6.62. The van der Waals surface area contributed by atoms with Gasteiger partial charge in [0.05, 0.1) is 25.5 Å². The van der Waals surface area contributed by atoms with E-state index in [9.17, 15) is 4.79 Å². The number of rotatable bonds is 3. The van der Waals surface area contributed by atoms with Crippen LogP contribution in [-0.4, -0.2) is 45.5 Å². The number of carbonyl (C=O) groups excluding carboxylic acids is 1. The Kier molecular flexibility index (Phi) is 4.63. The summed E-state index contributed by atoms with van der Waals surface area (Å²) in [5, 5.41) is 10.1. The van der Waals surface area contributed by atoms with Crippen molar-refractivity contribution >= 4 is 17.4 Å². The van der Waals surface area contributed by atoms with Gasteiger partial charge in [0.25, 0.3) is 0 Å². The molecule has 7 nitrogen and oxygen atoms in total. The molecular formula is C15H21N5O2S. The van der Waals surface area contributed by atoms with Crippen LogP contribution >= 0.6 is 11.3 Å². The summed E-state index contributed by atoms with van der Waals surface area (Å²) >= 11 is 1.57. The first-order valence-corrected chi connectivity index (χ1v) is 8.48. The van der Waals surface area contributed by atoms with Crippen molar-refractivity contribution in [1.29, 1.82) is 0 Å². The highest BCUT2D eigenvalue weighted by molar-refractivity contribution is 7.09. The second kappa shape index (κ2) is 6.67. The molecule has 1 aliphatic heterocycles. The molecule has 0 aliphatic carbocycles. The van der Waals surface area contributed by atoms with Crippen molar-refractivity contribution < 1.29 is 9.53 Å². The van der Waals surface area contributed by atoms with Crippen LogP contribution in [0, 0.1) is 6.92 Å². The largest absolute Gasteiger partial charge is 0.377 e. The molecule has 0 bridgehead atoms. The topological polar surface area (TPSA) is 72.3 Å². The van der Waals surface area contributed by atoms with Crippen LogP contribution in [0.3, 0.4) is 0 Å². The van der Waals surface area contributed by atoms with E-state index in [4.69, 9.17) is 4.74 Å². The van der Waals surface area contributed by atoms with Crippen LogP contribution in [0.5, 0.6) is 0 Å². The maximum Gasteiger partial charge on any atom is 0.318 e. The molecule has 3 heterocycles. The van der Waals surface area contributed by atoms with E-state index < -0.39 is 0 Å².